The molecule has 4 rings (SSSR count). The zero-order valence-corrected chi connectivity index (χ0v) is 21.1. The molecule has 0 radical (unpaired) electrons. The molecule has 0 bridgehead atoms. The second-order valence-corrected chi connectivity index (χ2v) is 10.0. The molecule has 2 aromatic rings. The largest absolute Gasteiger partial charge is 0.384 e. The summed E-state index contributed by atoms with van der Waals surface area (Å²) < 4.78 is 0. The molecule has 2 aromatic carbocycles. The molecular formula is C28H31N5O3. The summed E-state index contributed by atoms with van der Waals surface area (Å²) in [6, 6.07) is 16.3. The SMILES string of the molecule is CCN(CC)c1ccc([C@@H]2C(C#N)=C(N)N(c3cccc([N+](=O)[O-])c3)C3=C2C(=O)CC(C)(C)C3)cc1. The third-order valence-corrected chi connectivity index (χ3v) is 7.03. The number of carbonyl (C=O) groups excluding carboxylic acids is 1. The van der Waals surface area contributed by atoms with Crippen LogP contribution in [0, 0.1) is 26.9 Å². The average Bonchev–Trinajstić information content (AvgIpc) is 2.84. The zero-order chi connectivity index (χ0) is 26.2. The third kappa shape index (κ3) is 4.33. The second kappa shape index (κ2) is 9.50. The minimum absolute atomic E-state index is 0.0326. The number of carbonyl (C=O) groups is 1. The summed E-state index contributed by atoms with van der Waals surface area (Å²) in [5, 5.41) is 21.7. The molecule has 0 fully saturated rings. The van der Waals surface area contributed by atoms with Gasteiger partial charge in [0, 0.05) is 48.6 Å². The van der Waals surface area contributed by atoms with E-state index in [1.807, 2.05) is 38.1 Å². The van der Waals surface area contributed by atoms with Crippen molar-refractivity contribution in [3.8, 4) is 6.07 Å². The van der Waals surface area contributed by atoms with Crippen molar-refractivity contribution in [3.05, 3.63) is 86.9 Å². The Morgan fingerprint density at radius 2 is 1.83 bits per heavy atom. The van der Waals surface area contributed by atoms with Gasteiger partial charge in [-0.15, -0.1) is 0 Å². The Kier molecular flexibility index (Phi) is 6.59. The minimum atomic E-state index is -0.589. The minimum Gasteiger partial charge on any atom is -0.384 e. The van der Waals surface area contributed by atoms with Crippen LogP contribution < -0.4 is 15.5 Å². The first kappa shape index (κ1) is 25.0. The van der Waals surface area contributed by atoms with Gasteiger partial charge in [0.1, 0.15) is 5.82 Å². The Balaban J connectivity index is 1.92. The molecule has 0 spiro atoms. The maximum atomic E-state index is 13.6. The fourth-order valence-corrected chi connectivity index (χ4v) is 5.35. The number of nitro benzene ring substituents is 1. The first-order chi connectivity index (χ1) is 17.1. The molecule has 0 saturated carbocycles. The number of non-ortho nitro benzene ring substituents is 1. The summed E-state index contributed by atoms with van der Waals surface area (Å²) in [6.07, 6.45) is 0.894. The van der Waals surface area contributed by atoms with Gasteiger partial charge >= 0.3 is 0 Å². The van der Waals surface area contributed by atoms with E-state index in [-0.39, 0.29) is 28.3 Å². The lowest BCUT2D eigenvalue weighted by molar-refractivity contribution is -0.384. The Bertz CT molecular complexity index is 1310. The second-order valence-electron chi connectivity index (χ2n) is 10.0. The van der Waals surface area contributed by atoms with Gasteiger partial charge in [-0.3, -0.25) is 19.8 Å². The van der Waals surface area contributed by atoms with Gasteiger partial charge in [-0.2, -0.15) is 5.26 Å². The van der Waals surface area contributed by atoms with Gasteiger partial charge < -0.3 is 10.6 Å². The van der Waals surface area contributed by atoms with Crippen LogP contribution in [0.1, 0.15) is 52.0 Å². The van der Waals surface area contributed by atoms with Gasteiger partial charge in [-0.1, -0.05) is 32.0 Å². The molecule has 1 atom stereocenters. The molecule has 8 nitrogen and oxygen atoms in total. The molecule has 0 unspecified atom stereocenters. The normalized spacial score (nSPS) is 19.1. The van der Waals surface area contributed by atoms with Gasteiger partial charge in [0.2, 0.25) is 0 Å². The molecule has 2 aliphatic rings. The maximum absolute atomic E-state index is 13.6. The molecule has 1 aliphatic carbocycles. The topological polar surface area (TPSA) is 116 Å². The number of anilines is 2. The van der Waals surface area contributed by atoms with E-state index in [1.54, 1.807) is 17.0 Å². The lowest BCUT2D eigenvalue weighted by Gasteiger charge is -2.43. The molecule has 1 heterocycles. The van der Waals surface area contributed by atoms with E-state index in [4.69, 9.17) is 5.73 Å². The first-order valence-corrected chi connectivity index (χ1v) is 12.2. The van der Waals surface area contributed by atoms with Crippen molar-refractivity contribution in [1.29, 1.82) is 5.26 Å². The number of benzene rings is 2. The van der Waals surface area contributed by atoms with E-state index in [1.165, 1.54) is 12.1 Å². The molecule has 0 saturated heterocycles. The number of allylic oxidation sites excluding steroid dienone is 3. The molecule has 2 N–H and O–H groups in total. The van der Waals surface area contributed by atoms with Crippen LogP contribution in [0.5, 0.6) is 0 Å². The number of nitro groups is 1. The van der Waals surface area contributed by atoms with Gasteiger partial charge in [0.05, 0.1) is 28.2 Å². The molecule has 1 aliphatic heterocycles. The van der Waals surface area contributed by atoms with E-state index >= 15 is 0 Å². The quantitative estimate of drug-likeness (QED) is 0.431. The van der Waals surface area contributed by atoms with E-state index in [9.17, 15) is 20.2 Å². The number of rotatable bonds is 6. The Morgan fingerprint density at radius 3 is 2.42 bits per heavy atom. The van der Waals surface area contributed by atoms with Crippen molar-refractivity contribution >= 4 is 22.8 Å². The van der Waals surface area contributed by atoms with Crippen LogP contribution in [0.2, 0.25) is 0 Å². The van der Waals surface area contributed by atoms with Gasteiger partial charge in [-0.25, -0.2) is 0 Å². The summed E-state index contributed by atoms with van der Waals surface area (Å²) in [6.45, 7) is 9.98. The number of Topliss-reactive ketones (excluding diaryl/α,β-unsaturated/α-hetero) is 1. The molecule has 186 valence electrons. The Labute approximate surface area is 211 Å². The fourth-order valence-electron chi connectivity index (χ4n) is 5.35. The van der Waals surface area contributed by atoms with E-state index in [0.717, 1.165) is 24.3 Å². The Morgan fingerprint density at radius 1 is 1.17 bits per heavy atom. The lowest BCUT2D eigenvalue weighted by atomic mass is 9.68. The average molecular weight is 486 g/mol. The molecule has 8 heteroatoms. The highest BCUT2D eigenvalue weighted by Gasteiger charge is 2.44. The van der Waals surface area contributed by atoms with E-state index in [0.29, 0.717) is 29.8 Å². The summed E-state index contributed by atoms with van der Waals surface area (Å²) in [7, 11) is 0. The van der Waals surface area contributed by atoms with Crippen LogP contribution in [0.3, 0.4) is 0 Å². The number of nitrogens with zero attached hydrogens (tertiary/aromatic N) is 4. The number of hydrogen-bond donors (Lipinski definition) is 1. The van der Waals surface area contributed by atoms with Crippen molar-refractivity contribution in [2.45, 2.75) is 46.5 Å². The Hall–Kier alpha value is -4.12. The number of nitriles is 1. The van der Waals surface area contributed by atoms with Gasteiger partial charge in [-0.05, 0) is 49.4 Å². The van der Waals surface area contributed by atoms with Crippen LogP contribution in [-0.4, -0.2) is 23.8 Å². The van der Waals surface area contributed by atoms with Crippen LogP contribution >= 0.6 is 0 Å². The predicted molar refractivity (Wildman–Crippen MR) is 140 cm³/mol. The summed E-state index contributed by atoms with van der Waals surface area (Å²) >= 11 is 0. The maximum Gasteiger partial charge on any atom is 0.271 e. The highest BCUT2D eigenvalue weighted by Crippen LogP contribution is 2.50. The standard InChI is InChI=1S/C28H31N5O3/c1-5-31(6-2)19-12-10-18(11-13-19)25-22(17-29)27(30)32(20-8-7-9-21(14-20)33(35)36)23-15-28(3,4)16-24(34)26(23)25/h7-14,25H,5-6,15-16,30H2,1-4H3/t25-/m1/s1. The molecule has 36 heavy (non-hydrogen) atoms. The summed E-state index contributed by atoms with van der Waals surface area (Å²) in [5.41, 5.74) is 10.1. The summed E-state index contributed by atoms with van der Waals surface area (Å²) in [4.78, 5) is 28.5. The highest BCUT2D eigenvalue weighted by molar-refractivity contribution is 6.01. The van der Waals surface area contributed by atoms with Crippen LogP contribution in [0.15, 0.2) is 71.2 Å². The van der Waals surface area contributed by atoms with Crippen molar-refractivity contribution in [2.24, 2.45) is 11.1 Å². The van der Waals surface area contributed by atoms with Crippen LogP contribution in [-0.2, 0) is 4.79 Å². The van der Waals surface area contributed by atoms with Gasteiger partial charge in [0.15, 0.2) is 5.78 Å². The first-order valence-electron chi connectivity index (χ1n) is 12.2. The predicted octanol–water partition coefficient (Wildman–Crippen LogP) is 5.38. The number of nitrogens with two attached hydrogens (primary N) is 1. The van der Waals surface area contributed by atoms with Crippen molar-refractivity contribution in [1.82, 2.24) is 0 Å². The monoisotopic (exact) mass is 485 g/mol. The third-order valence-electron chi connectivity index (χ3n) is 7.03. The lowest BCUT2D eigenvalue weighted by Crippen LogP contribution is -2.42. The number of ketones is 1. The smallest absolute Gasteiger partial charge is 0.271 e. The highest BCUT2D eigenvalue weighted by atomic mass is 16.6. The zero-order valence-electron chi connectivity index (χ0n) is 21.1. The van der Waals surface area contributed by atoms with Crippen molar-refractivity contribution < 1.29 is 9.72 Å². The molecular weight excluding hydrogens is 454 g/mol. The number of hydrogen-bond acceptors (Lipinski definition) is 7. The summed E-state index contributed by atoms with van der Waals surface area (Å²) in [5.74, 6) is -0.427. The molecule has 0 aromatic heterocycles. The van der Waals surface area contributed by atoms with Gasteiger partial charge in [0.25, 0.3) is 5.69 Å². The van der Waals surface area contributed by atoms with E-state index in [2.05, 4.69) is 24.8 Å². The van der Waals surface area contributed by atoms with Crippen LogP contribution in [0.25, 0.3) is 0 Å². The van der Waals surface area contributed by atoms with E-state index < -0.39 is 10.8 Å². The van der Waals surface area contributed by atoms with Crippen molar-refractivity contribution in [3.63, 3.8) is 0 Å². The van der Waals surface area contributed by atoms with Crippen molar-refractivity contribution in [2.75, 3.05) is 22.9 Å². The molecule has 0 amide bonds. The van der Waals surface area contributed by atoms with Crippen LogP contribution in [0.4, 0.5) is 17.1 Å². The fraction of sp³-hybridized carbons (Fsp3) is 0.357.